The monoisotopic (exact) mass is 416 g/mol. The Bertz CT molecular complexity index is 1080. The number of nitrogens with zero attached hydrogens (tertiary/aromatic N) is 4. The first-order chi connectivity index (χ1) is 14.5. The van der Waals surface area contributed by atoms with Gasteiger partial charge in [0, 0.05) is 11.3 Å². The van der Waals surface area contributed by atoms with Gasteiger partial charge in [-0.1, -0.05) is 29.9 Å². The highest BCUT2D eigenvalue weighted by Crippen LogP contribution is 2.32. The number of aryl methyl sites for hydroxylation is 1. The lowest BCUT2D eigenvalue weighted by Gasteiger charge is -2.26. The summed E-state index contributed by atoms with van der Waals surface area (Å²) < 4.78 is 0. The van der Waals surface area contributed by atoms with Crippen LogP contribution in [0.15, 0.2) is 24.3 Å². The molecule has 0 bridgehead atoms. The van der Waals surface area contributed by atoms with E-state index in [2.05, 4.69) is 22.4 Å². The van der Waals surface area contributed by atoms with E-state index in [0.29, 0.717) is 5.82 Å². The third-order valence-electron chi connectivity index (χ3n) is 5.19. The van der Waals surface area contributed by atoms with Gasteiger partial charge in [0.25, 0.3) is 0 Å². The van der Waals surface area contributed by atoms with E-state index >= 15 is 0 Å². The number of hydrogen-bond donors (Lipinski definition) is 2. The van der Waals surface area contributed by atoms with E-state index in [-0.39, 0.29) is 27.5 Å². The largest absolute Gasteiger partial charge is 0.349 e. The molecule has 1 aromatic heterocycles. The third kappa shape index (κ3) is 4.17. The standard InChI is InChI=1S/C22H21N7S/c1-14-5-7-15(8-6-14)27-22(30)18(13-25)19-16(11-23)20(26)28-21(17(19)12-24)29-9-3-2-4-10-29/h5-8,18H,2-4,9-10H2,1H3,(H2,26,28)(H,27,30)/p+1/t18-/m0/s1. The van der Waals surface area contributed by atoms with E-state index in [1.165, 1.54) is 0 Å². The number of H-pyrrole nitrogens is 1. The Balaban J connectivity index is 2.09. The fraction of sp³-hybridized carbons (Fsp3) is 0.318. The molecule has 7 nitrogen and oxygen atoms in total. The lowest BCUT2D eigenvalue weighted by Crippen LogP contribution is -2.37. The van der Waals surface area contributed by atoms with Crippen LogP contribution in [0.4, 0.5) is 17.3 Å². The van der Waals surface area contributed by atoms with Crippen molar-refractivity contribution in [2.24, 2.45) is 0 Å². The Morgan fingerprint density at radius 2 is 1.73 bits per heavy atom. The molecule has 3 rings (SSSR count). The van der Waals surface area contributed by atoms with Crippen molar-refractivity contribution >= 4 is 34.5 Å². The second-order valence-electron chi connectivity index (χ2n) is 7.24. The first-order valence-electron chi connectivity index (χ1n) is 9.71. The molecular weight excluding hydrogens is 394 g/mol. The molecule has 150 valence electrons. The average Bonchev–Trinajstić information content (AvgIpc) is 2.76. The van der Waals surface area contributed by atoms with Crippen molar-refractivity contribution in [3.05, 3.63) is 46.5 Å². The number of nitriles is 3. The number of pyridine rings is 1. The van der Waals surface area contributed by atoms with Crippen LogP contribution in [0.5, 0.6) is 0 Å². The molecule has 1 fully saturated rings. The molecule has 4 N–H and O–H groups in total. The predicted octanol–water partition coefficient (Wildman–Crippen LogP) is 3.17. The van der Waals surface area contributed by atoms with Gasteiger partial charge in [-0.05, 0) is 38.3 Å². The summed E-state index contributed by atoms with van der Waals surface area (Å²) in [6, 6.07) is 14.0. The molecule has 1 atom stereocenters. The minimum absolute atomic E-state index is 0.0758. The van der Waals surface area contributed by atoms with Gasteiger partial charge >= 0.3 is 0 Å². The molecule has 1 aliphatic heterocycles. The van der Waals surface area contributed by atoms with E-state index in [4.69, 9.17) is 18.0 Å². The minimum atomic E-state index is -0.994. The Morgan fingerprint density at radius 3 is 2.30 bits per heavy atom. The molecule has 1 saturated heterocycles. The number of piperidine rings is 1. The highest BCUT2D eigenvalue weighted by molar-refractivity contribution is 7.80. The van der Waals surface area contributed by atoms with Crippen molar-refractivity contribution in [2.75, 3.05) is 29.0 Å². The lowest BCUT2D eigenvalue weighted by atomic mass is 9.91. The maximum atomic E-state index is 9.97. The highest BCUT2D eigenvalue weighted by Gasteiger charge is 2.33. The smallest absolute Gasteiger partial charge is 0.240 e. The maximum absolute atomic E-state index is 9.97. The van der Waals surface area contributed by atoms with E-state index in [1.807, 2.05) is 42.2 Å². The Kier molecular flexibility index (Phi) is 6.47. The minimum Gasteiger partial charge on any atom is -0.349 e. The Labute approximate surface area is 181 Å². The summed E-state index contributed by atoms with van der Waals surface area (Å²) in [5.74, 6) is -0.321. The highest BCUT2D eigenvalue weighted by atomic mass is 32.1. The molecular formula is C22H22N7S+. The second kappa shape index (κ2) is 9.22. The van der Waals surface area contributed by atoms with Gasteiger partial charge < -0.3 is 11.1 Å². The molecule has 0 amide bonds. The van der Waals surface area contributed by atoms with Gasteiger partial charge in [0.2, 0.25) is 11.6 Å². The zero-order chi connectivity index (χ0) is 21.7. The van der Waals surface area contributed by atoms with Crippen LogP contribution < -0.4 is 20.9 Å². The fourth-order valence-corrected chi connectivity index (χ4v) is 3.92. The zero-order valence-electron chi connectivity index (χ0n) is 16.7. The molecule has 0 radical (unpaired) electrons. The van der Waals surface area contributed by atoms with Crippen LogP contribution in [0.1, 0.15) is 47.4 Å². The number of aromatic amines is 1. The van der Waals surface area contributed by atoms with Crippen molar-refractivity contribution in [3.8, 4) is 18.2 Å². The lowest BCUT2D eigenvalue weighted by molar-refractivity contribution is -0.347. The van der Waals surface area contributed by atoms with Gasteiger partial charge in [0.1, 0.15) is 34.2 Å². The van der Waals surface area contributed by atoms with E-state index in [0.717, 1.165) is 43.6 Å². The van der Waals surface area contributed by atoms with Gasteiger partial charge in [-0.15, -0.1) is 0 Å². The van der Waals surface area contributed by atoms with E-state index < -0.39 is 5.92 Å². The van der Waals surface area contributed by atoms with Crippen LogP contribution in [0.3, 0.4) is 0 Å². The van der Waals surface area contributed by atoms with Crippen LogP contribution in [-0.4, -0.2) is 18.1 Å². The summed E-state index contributed by atoms with van der Waals surface area (Å²) in [7, 11) is 0. The number of rotatable bonds is 4. The number of hydrogen-bond acceptors (Lipinski definition) is 6. The number of nitrogen functional groups attached to an aromatic ring is 1. The number of benzene rings is 1. The van der Waals surface area contributed by atoms with Gasteiger partial charge in [-0.3, -0.25) is 4.90 Å². The molecule has 0 saturated carbocycles. The van der Waals surface area contributed by atoms with E-state index in [1.54, 1.807) is 0 Å². The van der Waals surface area contributed by atoms with Crippen LogP contribution in [0.2, 0.25) is 0 Å². The zero-order valence-corrected chi connectivity index (χ0v) is 17.5. The first-order valence-corrected chi connectivity index (χ1v) is 10.1. The summed E-state index contributed by atoms with van der Waals surface area (Å²) >= 11 is 5.51. The maximum Gasteiger partial charge on any atom is 0.240 e. The fourth-order valence-electron chi connectivity index (χ4n) is 3.63. The number of nitrogens with one attached hydrogen (secondary N) is 2. The average molecular weight is 417 g/mol. The van der Waals surface area contributed by atoms with Crippen LogP contribution in [-0.2, 0) is 0 Å². The molecule has 0 aliphatic carbocycles. The summed E-state index contributed by atoms with van der Waals surface area (Å²) in [6.45, 7) is 3.53. The first kappa shape index (κ1) is 21.0. The normalized spacial score (nSPS) is 14.1. The van der Waals surface area contributed by atoms with Crippen LogP contribution in [0, 0.1) is 40.9 Å². The molecule has 30 heavy (non-hydrogen) atoms. The van der Waals surface area contributed by atoms with Crippen LogP contribution >= 0.6 is 12.2 Å². The number of anilines is 3. The third-order valence-corrected chi connectivity index (χ3v) is 5.53. The number of thiocarbonyl (C=S) groups is 1. The van der Waals surface area contributed by atoms with Crippen molar-refractivity contribution in [2.45, 2.75) is 32.1 Å². The van der Waals surface area contributed by atoms with Crippen molar-refractivity contribution in [1.82, 2.24) is 0 Å². The Hall–Kier alpha value is -3.67. The summed E-state index contributed by atoms with van der Waals surface area (Å²) in [6.07, 6.45) is 3.13. The Morgan fingerprint density at radius 1 is 1.10 bits per heavy atom. The number of nitrogens with two attached hydrogens (primary N) is 1. The quantitative estimate of drug-likeness (QED) is 0.733. The summed E-state index contributed by atoms with van der Waals surface area (Å²) in [4.78, 5) is 5.28. The SMILES string of the molecule is Cc1ccc(NC(=S)[C@@H](C#N)c2c(C#N)c(N)[nH+]c(N3CCCCC3)c2C#N)cc1. The van der Waals surface area contributed by atoms with Crippen LogP contribution in [0.25, 0.3) is 0 Å². The van der Waals surface area contributed by atoms with Gasteiger partial charge in [0.05, 0.1) is 19.2 Å². The van der Waals surface area contributed by atoms with Crippen molar-refractivity contribution in [3.63, 3.8) is 0 Å². The molecule has 2 heterocycles. The van der Waals surface area contributed by atoms with Crippen molar-refractivity contribution in [1.29, 1.82) is 15.8 Å². The molecule has 8 heteroatoms. The summed E-state index contributed by atoms with van der Waals surface area (Å²) in [5.41, 5.74) is 8.53. The topological polar surface area (TPSA) is 127 Å². The number of aromatic nitrogens is 1. The second-order valence-corrected chi connectivity index (χ2v) is 7.68. The predicted molar refractivity (Wildman–Crippen MR) is 119 cm³/mol. The van der Waals surface area contributed by atoms with Gasteiger partial charge in [-0.2, -0.15) is 15.8 Å². The molecule has 2 aromatic rings. The molecule has 0 spiro atoms. The molecule has 0 unspecified atom stereocenters. The van der Waals surface area contributed by atoms with Crippen molar-refractivity contribution < 1.29 is 4.98 Å². The van der Waals surface area contributed by atoms with Gasteiger partial charge in [-0.25, -0.2) is 4.98 Å². The van der Waals surface area contributed by atoms with Gasteiger partial charge in [0.15, 0.2) is 0 Å². The molecule has 1 aromatic carbocycles. The summed E-state index contributed by atoms with van der Waals surface area (Å²) in [5, 5.41) is 32.7. The van der Waals surface area contributed by atoms with E-state index in [9.17, 15) is 15.8 Å². The molecule has 1 aliphatic rings.